The lowest BCUT2D eigenvalue weighted by Gasteiger charge is -2.20. The summed E-state index contributed by atoms with van der Waals surface area (Å²) < 4.78 is 0. The summed E-state index contributed by atoms with van der Waals surface area (Å²) in [6.45, 7) is 0.120. The Morgan fingerprint density at radius 2 is 1.14 bits per heavy atom. The summed E-state index contributed by atoms with van der Waals surface area (Å²) in [5.74, 6) is -1.38. The van der Waals surface area contributed by atoms with Gasteiger partial charge in [-0.15, -0.1) is 0 Å². The molecule has 2 aliphatic heterocycles. The number of benzene rings is 2. The van der Waals surface area contributed by atoms with Crippen LogP contribution < -0.4 is 0 Å². The Labute approximate surface area is 166 Å². The third-order valence-corrected chi connectivity index (χ3v) is 5.25. The molecule has 4 amide bonds. The molecule has 0 spiro atoms. The summed E-state index contributed by atoms with van der Waals surface area (Å²) in [7, 11) is 0. The number of carbonyl (C=O) groups is 4. The van der Waals surface area contributed by atoms with Crippen molar-refractivity contribution in [3.05, 3.63) is 82.9 Å². The first-order valence-electron chi connectivity index (χ1n) is 8.76. The summed E-state index contributed by atoms with van der Waals surface area (Å²) in [5.41, 5.74) is 1.56. The fourth-order valence-electron chi connectivity index (χ4n) is 3.39. The Bertz CT molecular complexity index is 976. The van der Waals surface area contributed by atoms with Crippen LogP contribution in [0.15, 0.2) is 60.7 Å². The highest BCUT2D eigenvalue weighted by Crippen LogP contribution is 2.27. The molecule has 0 saturated heterocycles. The van der Waals surface area contributed by atoms with Crippen LogP contribution in [-0.4, -0.2) is 45.3 Å². The highest BCUT2D eigenvalue weighted by atomic mass is 32.1. The molecule has 4 rings (SSSR count). The number of amides is 4. The minimum Gasteiger partial charge on any atom is -0.270 e. The van der Waals surface area contributed by atoms with Gasteiger partial charge in [0.15, 0.2) is 0 Å². The Hall–Kier alpha value is -3.19. The van der Waals surface area contributed by atoms with E-state index in [1.165, 1.54) is 0 Å². The van der Waals surface area contributed by atoms with Crippen molar-refractivity contribution in [2.24, 2.45) is 0 Å². The highest BCUT2D eigenvalue weighted by molar-refractivity contribution is 7.80. The molecular formula is C21H16N2O4S. The van der Waals surface area contributed by atoms with E-state index in [-0.39, 0.29) is 30.2 Å². The van der Waals surface area contributed by atoms with Crippen LogP contribution in [0.4, 0.5) is 0 Å². The van der Waals surface area contributed by atoms with Crippen molar-refractivity contribution in [3.63, 3.8) is 0 Å². The average Bonchev–Trinajstić information content (AvgIpc) is 3.11. The molecule has 2 aromatic carbocycles. The van der Waals surface area contributed by atoms with Gasteiger partial charge in [-0.1, -0.05) is 36.4 Å². The molecule has 0 N–H and O–H groups in total. The number of fused-ring (bicyclic) bond motifs is 2. The molecule has 0 bridgehead atoms. The molecule has 0 fully saturated rings. The fourth-order valence-corrected chi connectivity index (χ4v) is 3.72. The van der Waals surface area contributed by atoms with E-state index in [9.17, 15) is 19.2 Å². The first kappa shape index (κ1) is 18.2. The molecule has 1 atom stereocenters. The van der Waals surface area contributed by atoms with E-state index in [2.05, 4.69) is 12.6 Å². The first-order chi connectivity index (χ1) is 13.5. The monoisotopic (exact) mass is 392 g/mol. The van der Waals surface area contributed by atoms with Crippen molar-refractivity contribution in [1.29, 1.82) is 0 Å². The van der Waals surface area contributed by atoms with E-state index in [0.29, 0.717) is 28.7 Å². The molecule has 2 aliphatic rings. The number of imide groups is 2. The van der Waals surface area contributed by atoms with Gasteiger partial charge in [0.2, 0.25) is 0 Å². The summed E-state index contributed by atoms with van der Waals surface area (Å²) in [5, 5.41) is -0.633. The predicted molar refractivity (Wildman–Crippen MR) is 105 cm³/mol. The quantitative estimate of drug-likeness (QED) is 0.482. The molecule has 0 aromatic heterocycles. The fraction of sp³-hybridized carbons (Fsp3) is 0.143. The molecule has 7 heteroatoms. The van der Waals surface area contributed by atoms with E-state index in [0.717, 1.165) is 9.80 Å². The van der Waals surface area contributed by atoms with Gasteiger partial charge in [-0.25, -0.2) is 0 Å². The molecule has 28 heavy (non-hydrogen) atoms. The van der Waals surface area contributed by atoms with Crippen LogP contribution in [0.25, 0.3) is 0 Å². The second-order valence-electron chi connectivity index (χ2n) is 6.48. The molecule has 6 nitrogen and oxygen atoms in total. The van der Waals surface area contributed by atoms with Crippen LogP contribution in [0, 0.1) is 0 Å². The largest absolute Gasteiger partial charge is 0.270 e. The third-order valence-electron chi connectivity index (χ3n) is 4.80. The zero-order chi connectivity index (χ0) is 19.8. The van der Waals surface area contributed by atoms with Crippen molar-refractivity contribution < 1.29 is 19.2 Å². The molecule has 140 valence electrons. The number of thiol groups is 1. The minimum absolute atomic E-state index is 0.120. The van der Waals surface area contributed by atoms with Crippen molar-refractivity contribution in [2.45, 2.75) is 11.8 Å². The topological polar surface area (TPSA) is 74.8 Å². The Morgan fingerprint density at radius 1 is 0.714 bits per heavy atom. The lowest BCUT2D eigenvalue weighted by Crippen LogP contribution is -2.36. The number of carbonyl (C=O) groups excluding carboxylic acids is 4. The maximum Gasteiger partial charge on any atom is 0.262 e. The maximum absolute atomic E-state index is 12.4. The second-order valence-corrected chi connectivity index (χ2v) is 7.08. The van der Waals surface area contributed by atoms with Crippen LogP contribution in [0.2, 0.25) is 0 Å². The number of hydrogen-bond acceptors (Lipinski definition) is 5. The molecule has 2 heterocycles. The van der Waals surface area contributed by atoms with E-state index in [1.807, 2.05) is 0 Å². The Morgan fingerprint density at radius 3 is 1.61 bits per heavy atom. The van der Waals surface area contributed by atoms with Gasteiger partial charge in [0, 0.05) is 6.54 Å². The highest BCUT2D eigenvalue weighted by Gasteiger charge is 2.38. The normalized spacial score (nSPS) is 16.9. The van der Waals surface area contributed by atoms with Crippen LogP contribution in [0.1, 0.15) is 47.9 Å². The van der Waals surface area contributed by atoms with Gasteiger partial charge in [0.1, 0.15) is 0 Å². The van der Waals surface area contributed by atoms with Crippen LogP contribution in [-0.2, 0) is 0 Å². The third kappa shape index (κ3) is 2.84. The Kier molecular flexibility index (Phi) is 4.60. The van der Waals surface area contributed by atoms with E-state index < -0.39 is 5.37 Å². The first-order valence-corrected chi connectivity index (χ1v) is 9.27. The predicted octanol–water partition coefficient (Wildman–Crippen LogP) is 2.78. The average molecular weight is 392 g/mol. The summed E-state index contributed by atoms with van der Waals surface area (Å²) in [6.07, 6.45) is 3.69. The van der Waals surface area contributed by atoms with Gasteiger partial charge in [0.25, 0.3) is 23.6 Å². The second kappa shape index (κ2) is 7.09. The van der Waals surface area contributed by atoms with Gasteiger partial charge in [-0.05, 0) is 30.7 Å². The summed E-state index contributed by atoms with van der Waals surface area (Å²) >= 11 is 4.39. The zero-order valence-corrected chi connectivity index (χ0v) is 15.6. The van der Waals surface area contributed by atoms with Gasteiger partial charge in [0.05, 0.1) is 27.6 Å². The van der Waals surface area contributed by atoms with Crippen molar-refractivity contribution in [1.82, 2.24) is 9.80 Å². The van der Waals surface area contributed by atoms with E-state index >= 15 is 0 Å². The van der Waals surface area contributed by atoms with Gasteiger partial charge < -0.3 is 0 Å². The zero-order valence-electron chi connectivity index (χ0n) is 14.7. The van der Waals surface area contributed by atoms with Gasteiger partial charge in [-0.3, -0.25) is 29.0 Å². The lowest BCUT2D eigenvalue weighted by molar-refractivity contribution is 0.0635. The van der Waals surface area contributed by atoms with E-state index in [4.69, 9.17) is 0 Å². The molecule has 0 radical (unpaired) electrons. The van der Waals surface area contributed by atoms with Crippen molar-refractivity contribution in [2.75, 3.05) is 6.54 Å². The molecule has 0 saturated carbocycles. The molecule has 2 aromatic rings. The van der Waals surface area contributed by atoms with Gasteiger partial charge >= 0.3 is 0 Å². The smallest absolute Gasteiger partial charge is 0.262 e. The van der Waals surface area contributed by atoms with Crippen LogP contribution in [0.3, 0.4) is 0 Å². The summed E-state index contributed by atoms with van der Waals surface area (Å²) in [6, 6.07) is 13.4. The number of nitrogens with zero attached hydrogens (tertiary/aromatic N) is 2. The number of hydrogen-bond donors (Lipinski definition) is 1. The van der Waals surface area contributed by atoms with Crippen LogP contribution >= 0.6 is 12.6 Å². The lowest BCUT2D eigenvalue weighted by atomic mass is 10.1. The van der Waals surface area contributed by atoms with Gasteiger partial charge in [-0.2, -0.15) is 12.6 Å². The van der Waals surface area contributed by atoms with Crippen molar-refractivity contribution in [3.8, 4) is 0 Å². The molecular weight excluding hydrogens is 376 g/mol. The summed E-state index contributed by atoms with van der Waals surface area (Å²) in [4.78, 5) is 51.8. The standard InChI is InChI=1S/C21H16N2O4S/c24-18-13-7-1-2-8-14(13)19(25)22(18)12-6-5-11-17(28)23-20(26)15-9-3-4-10-16(15)21(23)27/h1-10,17,28H,11-12H2/b6-5+. The minimum atomic E-state index is -0.633. The maximum atomic E-state index is 12.4. The molecule has 0 aliphatic carbocycles. The number of rotatable bonds is 5. The molecule has 1 unspecified atom stereocenters. The van der Waals surface area contributed by atoms with Crippen LogP contribution in [0.5, 0.6) is 0 Å². The SMILES string of the molecule is O=C1c2ccccc2C(=O)N1C/C=C/CC(S)N1C(=O)c2ccccc2C1=O. The van der Waals surface area contributed by atoms with Crippen molar-refractivity contribution >= 4 is 36.3 Å². The van der Waals surface area contributed by atoms with E-state index in [1.54, 1.807) is 60.7 Å². The Balaban J connectivity index is 1.39.